The predicted octanol–water partition coefficient (Wildman–Crippen LogP) is 2.27. The smallest absolute Gasteiger partial charge is 0.338 e. The van der Waals surface area contributed by atoms with Gasteiger partial charge in [0.15, 0.2) is 6.10 Å². The molecule has 8 nitrogen and oxygen atoms in total. The molecule has 3 rings (SSSR count). The van der Waals surface area contributed by atoms with Gasteiger partial charge in [-0.25, -0.2) is 9.80 Å². The average Bonchev–Trinajstić information content (AvgIpc) is 2.76. The minimum absolute atomic E-state index is 0.129. The zero-order valence-corrected chi connectivity index (χ0v) is 16.8. The van der Waals surface area contributed by atoms with Crippen LogP contribution in [0.1, 0.15) is 48.7 Å². The summed E-state index contributed by atoms with van der Waals surface area (Å²) < 4.78 is 5.26. The van der Waals surface area contributed by atoms with E-state index in [1.165, 1.54) is 31.2 Å². The Morgan fingerprint density at radius 2 is 1.67 bits per heavy atom. The lowest BCUT2D eigenvalue weighted by molar-refractivity contribution is -0.130. The largest absolute Gasteiger partial charge is 0.449 e. The fraction of sp³-hybridized carbons (Fsp3) is 0.273. The first-order valence-corrected chi connectivity index (χ1v) is 9.64. The van der Waals surface area contributed by atoms with Gasteiger partial charge in [0.05, 0.1) is 17.3 Å². The molecule has 0 radical (unpaired) electrons. The van der Waals surface area contributed by atoms with Crippen molar-refractivity contribution in [3.8, 4) is 0 Å². The number of nitrogens with zero attached hydrogens (tertiary/aromatic N) is 1. The average molecular weight is 409 g/mol. The van der Waals surface area contributed by atoms with E-state index in [0.717, 1.165) is 10.6 Å². The number of rotatable bonds is 6. The lowest BCUT2D eigenvalue weighted by atomic mass is 10.1. The molecule has 2 atom stereocenters. The molecule has 156 valence electrons. The third kappa shape index (κ3) is 5.02. The highest BCUT2D eigenvalue weighted by molar-refractivity contribution is 6.01. The second-order valence-corrected chi connectivity index (χ2v) is 7.00. The Morgan fingerprint density at radius 1 is 1.00 bits per heavy atom. The number of anilines is 1. The molecule has 0 aromatic heterocycles. The second kappa shape index (κ2) is 9.21. The van der Waals surface area contributed by atoms with E-state index in [4.69, 9.17) is 4.74 Å². The number of ether oxygens (including phenoxy) is 1. The summed E-state index contributed by atoms with van der Waals surface area (Å²) in [6, 6.07) is 15.2. The number of carbonyl (C=O) groups excluding carboxylic acids is 4. The van der Waals surface area contributed by atoms with Crippen LogP contribution in [-0.4, -0.2) is 29.8 Å². The number of carbonyl (C=O) groups is 4. The lowest BCUT2D eigenvalue weighted by Crippen LogP contribution is -2.50. The van der Waals surface area contributed by atoms with Crippen LogP contribution in [0.3, 0.4) is 0 Å². The van der Waals surface area contributed by atoms with Crippen molar-refractivity contribution in [1.82, 2.24) is 10.7 Å². The Balaban J connectivity index is 1.57. The molecule has 0 spiro atoms. The molecule has 1 aliphatic rings. The zero-order chi connectivity index (χ0) is 21.7. The monoisotopic (exact) mass is 409 g/mol. The first-order valence-electron chi connectivity index (χ1n) is 9.64. The van der Waals surface area contributed by atoms with Crippen LogP contribution in [-0.2, 0) is 19.1 Å². The highest BCUT2D eigenvalue weighted by atomic mass is 16.5. The summed E-state index contributed by atoms with van der Waals surface area (Å²) in [5, 5.41) is 3.97. The topological polar surface area (TPSA) is 105 Å². The Morgan fingerprint density at radius 3 is 2.33 bits per heavy atom. The standard InChI is InChI=1S/C22H23N3O5/c1-14(16-6-4-3-5-7-16)23-21(28)15(2)30-22(29)17-8-10-18(11-9-17)25-20(27)13-12-19(26)24-25/h3-11,14-15H,12-13H2,1-2H3,(H,23,28)(H,24,26). The third-order valence-electron chi connectivity index (χ3n) is 4.72. The van der Waals surface area contributed by atoms with Crippen LogP contribution >= 0.6 is 0 Å². The molecule has 3 amide bonds. The summed E-state index contributed by atoms with van der Waals surface area (Å²) >= 11 is 0. The van der Waals surface area contributed by atoms with Crippen molar-refractivity contribution >= 4 is 29.4 Å². The van der Waals surface area contributed by atoms with Crippen LogP contribution in [0.15, 0.2) is 54.6 Å². The van der Waals surface area contributed by atoms with Crippen LogP contribution in [0.5, 0.6) is 0 Å². The summed E-state index contributed by atoms with van der Waals surface area (Å²) in [6.45, 7) is 3.35. The number of hydrazine groups is 1. The molecule has 1 fully saturated rings. The van der Waals surface area contributed by atoms with E-state index in [9.17, 15) is 19.2 Å². The molecule has 1 heterocycles. The van der Waals surface area contributed by atoms with Gasteiger partial charge in [-0.1, -0.05) is 30.3 Å². The quantitative estimate of drug-likeness (QED) is 0.712. The molecule has 2 aromatic carbocycles. The number of esters is 1. The number of benzene rings is 2. The normalized spacial score (nSPS) is 15.7. The molecular weight excluding hydrogens is 386 g/mol. The molecule has 8 heteroatoms. The summed E-state index contributed by atoms with van der Waals surface area (Å²) in [6.07, 6.45) is -0.696. The molecule has 1 aliphatic heterocycles. The van der Waals surface area contributed by atoms with Crippen molar-refractivity contribution in [3.63, 3.8) is 0 Å². The fourth-order valence-corrected chi connectivity index (χ4v) is 2.97. The van der Waals surface area contributed by atoms with Gasteiger partial charge in [0, 0.05) is 12.8 Å². The first-order chi connectivity index (χ1) is 14.3. The van der Waals surface area contributed by atoms with E-state index in [0.29, 0.717) is 5.69 Å². The molecule has 1 saturated heterocycles. The third-order valence-corrected chi connectivity index (χ3v) is 4.72. The van der Waals surface area contributed by atoms with Gasteiger partial charge < -0.3 is 10.1 Å². The van der Waals surface area contributed by atoms with Crippen LogP contribution < -0.4 is 15.8 Å². The summed E-state index contributed by atoms with van der Waals surface area (Å²) in [5.74, 6) is -1.55. The maximum atomic E-state index is 12.4. The number of hydrogen-bond donors (Lipinski definition) is 2. The van der Waals surface area contributed by atoms with E-state index in [1.54, 1.807) is 0 Å². The van der Waals surface area contributed by atoms with Gasteiger partial charge in [-0.3, -0.25) is 19.8 Å². The number of amides is 3. The van der Waals surface area contributed by atoms with Crippen molar-refractivity contribution in [2.24, 2.45) is 0 Å². The van der Waals surface area contributed by atoms with Gasteiger partial charge >= 0.3 is 5.97 Å². The molecular formula is C22H23N3O5. The maximum Gasteiger partial charge on any atom is 0.338 e. The van der Waals surface area contributed by atoms with Gasteiger partial charge in [0.2, 0.25) is 11.8 Å². The minimum atomic E-state index is -0.980. The van der Waals surface area contributed by atoms with Crippen molar-refractivity contribution in [3.05, 3.63) is 65.7 Å². The van der Waals surface area contributed by atoms with Gasteiger partial charge in [-0.05, 0) is 43.7 Å². The van der Waals surface area contributed by atoms with E-state index in [2.05, 4.69) is 10.7 Å². The Bertz CT molecular complexity index is 943. The van der Waals surface area contributed by atoms with Crippen molar-refractivity contribution in [2.75, 3.05) is 5.01 Å². The Kier molecular flexibility index (Phi) is 6.46. The molecule has 2 unspecified atom stereocenters. The highest BCUT2D eigenvalue weighted by Gasteiger charge is 2.25. The Hall–Kier alpha value is -3.68. The van der Waals surface area contributed by atoms with E-state index in [1.807, 2.05) is 37.3 Å². The zero-order valence-electron chi connectivity index (χ0n) is 16.8. The van der Waals surface area contributed by atoms with Gasteiger partial charge in [0.1, 0.15) is 0 Å². The van der Waals surface area contributed by atoms with Crippen LogP contribution in [0, 0.1) is 0 Å². The predicted molar refractivity (Wildman–Crippen MR) is 109 cm³/mol. The van der Waals surface area contributed by atoms with Crippen LogP contribution in [0.4, 0.5) is 5.69 Å². The molecule has 2 aromatic rings. The minimum Gasteiger partial charge on any atom is -0.449 e. The SMILES string of the molecule is CC(OC(=O)c1ccc(N2NC(=O)CCC2=O)cc1)C(=O)NC(C)c1ccccc1. The summed E-state index contributed by atoms with van der Waals surface area (Å²) in [4.78, 5) is 48.2. The molecule has 0 aliphatic carbocycles. The molecule has 0 bridgehead atoms. The molecule has 30 heavy (non-hydrogen) atoms. The van der Waals surface area contributed by atoms with Crippen molar-refractivity contribution in [2.45, 2.75) is 38.8 Å². The van der Waals surface area contributed by atoms with Crippen molar-refractivity contribution in [1.29, 1.82) is 0 Å². The van der Waals surface area contributed by atoms with Crippen LogP contribution in [0.2, 0.25) is 0 Å². The second-order valence-electron chi connectivity index (χ2n) is 7.00. The van der Waals surface area contributed by atoms with E-state index >= 15 is 0 Å². The van der Waals surface area contributed by atoms with Crippen molar-refractivity contribution < 1.29 is 23.9 Å². The highest BCUT2D eigenvalue weighted by Crippen LogP contribution is 2.18. The Labute approximate surface area is 174 Å². The van der Waals surface area contributed by atoms with Crippen LogP contribution in [0.25, 0.3) is 0 Å². The van der Waals surface area contributed by atoms with E-state index < -0.39 is 18.0 Å². The van der Waals surface area contributed by atoms with Gasteiger partial charge in [-0.2, -0.15) is 0 Å². The summed E-state index contributed by atoms with van der Waals surface area (Å²) in [7, 11) is 0. The molecule has 2 N–H and O–H groups in total. The molecule has 0 saturated carbocycles. The van der Waals surface area contributed by atoms with E-state index in [-0.39, 0.29) is 36.3 Å². The number of hydrogen-bond acceptors (Lipinski definition) is 5. The van der Waals surface area contributed by atoms with Gasteiger partial charge in [-0.15, -0.1) is 0 Å². The lowest BCUT2D eigenvalue weighted by Gasteiger charge is -2.27. The first kappa shape index (κ1) is 21.0. The number of nitrogens with one attached hydrogen (secondary N) is 2. The van der Waals surface area contributed by atoms with Gasteiger partial charge in [0.25, 0.3) is 5.91 Å². The summed E-state index contributed by atoms with van der Waals surface area (Å²) in [5.41, 5.74) is 4.09. The fourth-order valence-electron chi connectivity index (χ4n) is 2.97. The maximum absolute atomic E-state index is 12.4.